The normalized spacial score (nSPS) is 15.8. The summed E-state index contributed by atoms with van der Waals surface area (Å²) in [6.07, 6.45) is 2.34. The molecule has 7 nitrogen and oxygen atoms in total. The summed E-state index contributed by atoms with van der Waals surface area (Å²) in [6.45, 7) is 4.64. The maximum absolute atomic E-state index is 12.8. The van der Waals surface area contributed by atoms with Crippen LogP contribution in [0.4, 0.5) is 10.8 Å². The Kier molecular flexibility index (Phi) is 6.48. The molecular weight excluding hydrogens is 444 g/mol. The van der Waals surface area contributed by atoms with E-state index in [0.29, 0.717) is 29.4 Å². The molecule has 3 aromatic rings. The standard InChI is InChI=1S/C23H24N4O3S2/c1-13-5-6-16(9-14(13)2)27-12-15(10-20(27)28)22-25-26-23(32-22)24-21(29)18-8-7-17(31-4)11-19(18)30-3/h5-9,11,15H,10,12H2,1-4H3,(H,24,26,29). The van der Waals surface area contributed by atoms with E-state index in [4.69, 9.17) is 4.74 Å². The molecule has 2 heterocycles. The monoisotopic (exact) mass is 468 g/mol. The molecular formula is C23H24N4O3S2. The van der Waals surface area contributed by atoms with E-state index in [9.17, 15) is 9.59 Å². The number of anilines is 2. The predicted octanol–water partition coefficient (Wildman–Crippen LogP) is 4.66. The Morgan fingerprint density at radius 3 is 2.72 bits per heavy atom. The second-order valence-corrected chi connectivity index (χ2v) is 9.53. The average molecular weight is 469 g/mol. The lowest BCUT2D eigenvalue weighted by Crippen LogP contribution is -2.24. The topological polar surface area (TPSA) is 84.4 Å². The molecule has 0 spiro atoms. The molecule has 0 radical (unpaired) electrons. The number of thioether (sulfide) groups is 1. The van der Waals surface area contributed by atoms with Crippen molar-refractivity contribution in [2.24, 2.45) is 0 Å². The molecule has 1 N–H and O–H groups in total. The molecule has 1 saturated heterocycles. The second kappa shape index (κ2) is 9.30. The zero-order chi connectivity index (χ0) is 22.8. The van der Waals surface area contributed by atoms with E-state index >= 15 is 0 Å². The number of methoxy groups -OCH3 is 1. The molecule has 1 atom stereocenters. The Bertz CT molecular complexity index is 1180. The highest BCUT2D eigenvalue weighted by molar-refractivity contribution is 7.98. The Morgan fingerprint density at radius 2 is 2.00 bits per heavy atom. The van der Waals surface area contributed by atoms with Crippen LogP contribution >= 0.6 is 23.1 Å². The highest BCUT2D eigenvalue weighted by atomic mass is 32.2. The molecule has 1 aliphatic heterocycles. The van der Waals surface area contributed by atoms with Gasteiger partial charge in [0.05, 0.1) is 12.7 Å². The number of amides is 2. The zero-order valence-electron chi connectivity index (χ0n) is 18.3. The number of hydrogen-bond acceptors (Lipinski definition) is 7. The maximum Gasteiger partial charge on any atom is 0.261 e. The Labute approximate surface area is 195 Å². The van der Waals surface area contributed by atoms with Crippen LogP contribution in [0.5, 0.6) is 5.75 Å². The molecule has 1 unspecified atom stereocenters. The zero-order valence-corrected chi connectivity index (χ0v) is 20.0. The van der Waals surface area contributed by atoms with E-state index in [2.05, 4.69) is 22.4 Å². The summed E-state index contributed by atoms with van der Waals surface area (Å²) in [4.78, 5) is 28.2. The number of nitrogens with one attached hydrogen (secondary N) is 1. The summed E-state index contributed by atoms with van der Waals surface area (Å²) in [7, 11) is 1.54. The third-order valence-electron chi connectivity index (χ3n) is 5.59. The molecule has 0 saturated carbocycles. The predicted molar refractivity (Wildman–Crippen MR) is 128 cm³/mol. The van der Waals surface area contributed by atoms with E-state index in [1.807, 2.05) is 43.5 Å². The number of hydrogen-bond donors (Lipinski definition) is 1. The van der Waals surface area contributed by atoms with Gasteiger partial charge in [0.15, 0.2) is 0 Å². The van der Waals surface area contributed by atoms with Gasteiger partial charge in [-0.05, 0) is 61.6 Å². The van der Waals surface area contributed by atoms with Gasteiger partial charge in [0.25, 0.3) is 5.91 Å². The van der Waals surface area contributed by atoms with Crippen LogP contribution in [0.25, 0.3) is 0 Å². The summed E-state index contributed by atoms with van der Waals surface area (Å²) in [6, 6.07) is 11.5. The van der Waals surface area contributed by atoms with Crippen LogP contribution in [0.2, 0.25) is 0 Å². The summed E-state index contributed by atoms with van der Waals surface area (Å²) in [5.74, 6) is 0.210. The molecule has 166 valence electrons. The van der Waals surface area contributed by atoms with E-state index in [1.165, 1.54) is 24.0 Å². The fraction of sp³-hybridized carbons (Fsp3) is 0.304. The van der Waals surface area contributed by atoms with E-state index < -0.39 is 0 Å². The number of benzene rings is 2. The Balaban J connectivity index is 1.47. The van der Waals surface area contributed by atoms with E-state index in [1.54, 1.807) is 22.7 Å². The summed E-state index contributed by atoms with van der Waals surface area (Å²) in [5, 5.41) is 12.3. The van der Waals surface area contributed by atoms with Crippen LogP contribution < -0.4 is 15.0 Å². The smallest absolute Gasteiger partial charge is 0.261 e. The van der Waals surface area contributed by atoms with Crippen molar-refractivity contribution < 1.29 is 14.3 Å². The molecule has 0 bridgehead atoms. The van der Waals surface area contributed by atoms with Crippen molar-refractivity contribution in [2.45, 2.75) is 31.1 Å². The van der Waals surface area contributed by atoms with Gasteiger partial charge in [-0.2, -0.15) is 0 Å². The summed E-state index contributed by atoms with van der Waals surface area (Å²) in [5.41, 5.74) is 3.68. The van der Waals surface area contributed by atoms with Crippen molar-refractivity contribution in [2.75, 3.05) is 30.1 Å². The van der Waals surface area contributed by atoms with Gasteiger partial charge in [-0.25, -0.2) is 0 Å². The molecule has 1 fully saturated rings. The van der Waals surface area contributed by atoms with Gasteiger partial charge in [-0.1, -0.05) is 17.4 Å². The van der Waals surface area contributed by atoms with Crippen molar-refractivity contribution >= 4 is 45.7 Å². The van der Waals surface area contributed by atoms with Gasteiger partial charge in [0.1, 0.15) is 10.8 Å². The van der Waals surface area contributed by atoms with Crippen molar-refractivity contribution in [1.29, 1.82) is 0 Å². The number of rotatable bonds is 6. The third kappa shape index (κ3) is 4.49. The van der Waals surface area contributed by atoms with Crippen LogP contribution in [-0.2, 0) is 4.79 Å². The van der Waals surface area contributed by atoms with Crippen molar-refractivity contribution in [1.82, 2.24) is 10.2 Å². The van der Waals surface area contributed by atoms with Gasteiger partial charge in [-0.3, -0.25) is 14.9 Å². The van der Waals surface area contributed by atoms with E-state index in [0.717, 1.165) is 21.2 Å². The first-order valence-corrected chi connectivity index (χ1v) is 12.2. The molecule has 1 aromatic heterocycles. The minimum atomic E-state index is -0.309. The second-order valence-electron chi connectivity index (χ2n) is 7.64. The van der Waals surface area contributed by atoms with Gasteiger partial charge in [-0.15, -0.1) is 22.0 Å². The highest BCUT2D eigenvalue weighted by Gasteiger charge is 2.34. The fourth-order valence-corrected chi connectivity index (χ4v) is 4.88. The van der Waals surface area contributed by atoms with Gasteiger partial charge in [0, 0.05) is 29.5 Å². The number of nitrogens with zero attached hydrogens (tertiary/aromatic N) is 3. The minimum Gasteiger partial charge on any atom is -0.496 e. The number of carbonyl (C=O) groups excluding carboxylic acids is 2. The lowest BCUT2D eigenvalue weighted by Gasteiger charge is -2.17. The Morgan fingerprint density at radius 1 is 1.19 bits per heavy atom. The first-order chi connectivity index (χ1) is 15.4. The molecule has 2 amide bonds. The van der Waals surface area contributed by atoms with Crippen molar-refractivity contribution in [3.63, 3.8) is 0 Å². The maximum atomic E-state index is 12.8. The number of ether oxygens (including phenoxy) is 1. The summed E-state index contributed by atoms with van der Waals surface area (Å²) >= 11 is 2.88. The third-order valence-corrected chi connectivity index (χ3v) is 7.32. The van der Waals surface area contributed by atoms with Crippen LogP contribution in [0.1, 0.15) is 38.8 Å². The molecule has 32 heavy (non-hydrogen) atoms. The molecule has 1 aliphatic rings. The van der Waals surface area contributed by atoms with Crippen molar-refractivity contribution in [3.8, 4) is 5.75 Å². The fourth-order valence-electron chi connectivity index (χ4n) is 3.62. The largest absolute Gasteiger partial charge is 0.496 e. The quantitative estimate of drug-likeness (QED) is 0.530. The average Bonchev–Trinajstić information content (AvgIpc) is 3.41. The lowest BCUT2D eigenvalue weighted by atomic mass is 10.1. The van der Waals surface area contributed by atoms with Crippen LogP contribution in [-0.4, -0.2) is 41.9 Å². The number of carbonyl (C=O) groups is 2. The van der Waals surface area contributed by atoms with Crippen LogP contribution in [0.15, 0.2) is 41.3 Å². The first kappa shape index (κ1) is 22.3. The van der Waals surface area contributed by atoms with Crippen LogP contribution in [0, 0.1) is 13.8 Å². The molecule has 2 aromatic carbocycles. The highest BCUT2D eigenvalue weighted by Crippen LogP contribution is 2.35. The SMILES string of the molecule is COc1cc(SC)ccc1C(=O)Nc1nnc(C2CC(=O)N(c3ccc(C)c(C)c3)C2)s1. The first-order valence-electron chi connectivity index (χ1n) is 10.1. The van der Waals surface area contributed by atoms with Crippen LogP contribution in [0.3, 0.4) is 0 Å². The van der Waals surface area contributed by atoms with E-state index in [-0.39, 0.29) is 17.7 Å². The molecule has 0 aliphatic carbocycles. The van der Waals surface area contributed by atoms with Gasteiger partial charge < -0.3 is 9.64 Å². The minimum absolute atomic E-state index is 0.0531. The molecule has 4 rings (SSSR count). The lowest BCUT2D eigenvalue weighted by molar-refractivity contribution is -0.117. The number of aromatic nitrogens is 2. The van der Waals surface area contributed by atoms with Gasteiger partial charge >= 0.3 is 0 Å². The van der Waals surface area contributed by atoms with Gasteiger partial charge in [0.2, 0.25) is 11.0 Å². The van der Waals surface area contributed by atoms with Crippen molar-refractivity contribution in [3.05, 3.63) is 58.1 Å². The summed E-state index contributed by atoms with van der Waals surface area (Å²) < 4.78 is 5.36. The Hall–Kier alpha value is -2.91. The number of aryl methyl sites for hydroxylation is 2. The molecule has 9 heteroatoms.